The van der Waals surface area contributed by atoms with Crippen LogP contribution in [0.5, 0.6) is 0 Å². The quantitative estimate of drug-likeness (QED) is 0.151. The van der Waals surface area contributed by atoms with Crippen molar-refractivity contribution in [3.05, 3.63) is 205 Å². The second-order valence-corrected chi connectivity index (χ2v) is 14.3. The second kappa shape index (κ2) is 12.9. The molecule has 256 valence electrons. The van der Waals surface area contributed by atoms with E-state index in [-0.39, 0.29) is 0 Å². The molecular weight excluding hydrogens is 653 g/mol. The number of benzene rings is 9. The molecule has 0 saturated carbocycles. The minimum atomic E-state index is 1.09. The summed E-state index contributed by atoms with van der Waals surface area (Å²) in [6, 6.07) is 70.7. The minimum absolute atomic E-state index is 1.09. The van der Waals surface area contributed by atoms with Crippen LogP contribution in [0.2, 0.25) is 0 Å². The van der Waals surface area contributed by atoms with Crippen molar-refractivity contribution >= 4 is 49.6 Å². The standard InChI is InChI=1S/C52H38N2/c1-35-18-30-49-51-47(35)28-29-48-36(2)19-31-50(52(48)51)54(49)45-26-24-44(25-27-45)53(43-22-20-40(21-23-43)37-12-6-3-7-13-37)46-33-41(38-14-8-4-9-15-38)32-42(34-46)39-16-10-5-11-17-39/h3-34H,1-2H3. The summed E-state index contributed by atoms with van der Waals surface area (Å²) in [5, 5.41) is 5.34. The predicted octanol–water partition coefficient (Wildman–Crippen LogP) is 14.5. The number of rotatable bonds is 7. The molecule has 0 bridgehead atoms. The van der Waals surface area contributed by atoms with Crippen LogP contribution in [0.1, 0.15) is 11.1 Å². The highest BCUT2D eigenvalue weighted by atomic mass is 15.1. The van der Waals surface area contributed by atoms with E-state index in [9.17, 15) is 0 Å². The zero-order valence-corrected chi connectivity index (χ0v) is 30.4. The Morgan fingerprint density at radius 2 is 0.741 bits per heavy atom. The topological polar surface area (TPSA) is 8.17 Å². The van der Waals surface area contributed by atoms with E-state index in [4.69, 9.17) is 0 Å². The van der Waals surface area contributed by atoms with Crippen LogP contribution in [-0.4, -0.2) is 4.57 Å². The summed E-state index contributed by atoms with van der Waals surface area (Å²) in [5.74, 6) is 0. The number of hydrogen-bond acceptors (Lipinski definition) is 1. The lowest BCUT2D eigenvalue weighted by molar-refractivity contribution is 1.17. The maximum absolute atomic E-state index is 2.44. The van der Waals surface area contributed by atoms with Crippen molar-refractivity contribution in [2.45, 2.75) is 13.8 Å². The molecule has 0 radical (unpaired) electrons. The van der Waals surface area contributed by atoms with Crippen molar-refractivity contribution in [1.82, 2.24) is 4.57 Å². The Balaban J connectivity index is 1.16. The van der Waals surface area contributed by atoms with E-state index in [1.54, 1.807) is 0 Å². The molecule has 0 aliphatic heterocycles. The fourth-order valence-corrected chi connectivity index (χ4v) is 8.29. The average molecular weight is 691 g/mol. The number of hydrogen-bond donors (Lipinski definition) is 0. The first-order valence-corrected chi connectivity index (χ1v) is 18.7. The highest BCUT2D eigenvalue weighted by molar-refractivity contribution is 6.25. The summed E-state index contributed by atoms with van der Waals surface area (Å²) in [6.45, 7) is 4.43. The van der Waals surface area contributed by atoms with Gasteiger partial charge in [0.2, 0.25) is 0 Å². The van der Waals surface area contributed by atoms with Gasteiger partial charge in [0.1, 0.15) is 0 Å². The van der Waals surface area contributed by atoms with Gasteiger partial charge in [0.05, 0.1) is 11.0 Å². The van der Waals surface area contributed by atoms with Crippen LogP contribution in [0.3, 0.4) is 0 Å². The molecule has 9 aromatic carbocycles. The van der Waals surface area contributed by atoms with Gasteiger partial charge in [-0.15, -0.1) is 0 Å². The van der Waals surface area contributed by atoms with Gasteiger partial charge in [-0.05, 0) is 136 Å². The summed E-state index contributed by atoms with van der Waals surface area (Å²) in [6.07, 6.45) is 0. The molecule has 10 rings (SSSR count). The Hall–Kier alpha value is -6.90. The number of nitrogens with zero attached hydrogens (tertiary/aromatic N) is 2. The molecule has 0 saturated heterocycles. The lowest BCUT2D eigenvalue weighted by Crippen LogP contribution is -2.10. The molecule has 1 aromatic heterocycles. The largest absolute Gasteiger partial charge is 0.310 e. The van der Waals surface area contributed by atoms with Gasteiger partial charge in [0.25, 0.3) is 0 Å². The van der Waals surface area contributed by atoms with Crippen molar-refractivity contribution in [1.29, 1.82) is 0 Å². The fraction of sp³-hybridized carbons (Fsp3) is 0.0385. The monoisotopic (exact) mass is 690 g/mol. The van der Waals surface area contributed by atoms with Crippen molar-refractivity contribution in [3.63, 3.8) is 0 Å². The van der Waals surface area contributed by atoms with E-state index in [2.05, 4.69) is 217 Å². The van der Waals surface area contributed by atoms with E-state index in [0.717, 1.165) is 22.7 Å². The highest BCUT2D eigenvalue weighted by Crippen LogP contribution is 2.43. The zero-order chi connectivity index (χ0) is 36.2. The van der Waals surface area contributed by atoms with E-state index in [1.807, 2.05) is 0 Å². The molecule has 0 aliphatic carbocycles. The van der Waals surface area contributed by atoms with Crippen LogP contribution in [0.15, 0.2) is 194 Å². The molecular formula is C52H38N2. The molecule has 2 heteroatoms. The Bertz CT molecular complexity index is 2770. The van der Waals surface area contributed by atoms with Crippen LogP contribution < -0.4 is 4.90 Å². The van der Waals surface area contributed by atoms with Crippen molar-refractivity contribution in [2.24, 2.45) is 0 Å². The maximum Gasteiger partial charge on any atom is 0.0547 e. The van der Waals surface area contributed by atoms with Crippen molar-refractivity contribution < 1.29 is 0 Å². The van der Waals surface area contributed by atoms with Gasteiger partial charge in [0.15, 0.2) is 0 Å². The lowest BCUT2D eigenvalue weighted by Gasteiger charge is -2.27. The van der Waals surface area contributed by atoms with Gasteiger partial charge in [-0.25, -0.2) is 0 Å². The smallest absolute Gasteiger partial charge is 0.0547 e. The third-order valence-corrected chi connectivity index (χ3v) is 11.0. The average Bonchev–Trinajstić information content (AvgIpc) is 3.58. The summed E-state index contributed by atoms with van der Waals surface area (Å²) < 4.78 is 2.44. The molecule has 0 N–H and O–H groups in total. The Kier molecular flexibility index (Phi) is 7.63. The van der Waals surface area contributed by atoms with Gasteiger partial charge < -0.3 is 9.47 Å². The molecule has 0 unspecified atom stereocenters. The van der Waals surface area contributed by atoms with Gasteiger partial charge >= 0.3 is 0 Å². The molecule has 10 aromatic rings. The molecule has 0 fully saturated rings. The molecule has 2 nitrogen and oxygen atoms in total. The summed E-state index contributed by atoms with van der Waals surface area (Å²) in [7, 11) is 0. The first kappa shape index (κ1) is 31.8. The van der Waals surface area contributed by atoms with Crippen LogP contribution in [0, 0.1) is 13.8 Å². The highest BCUT2D eigenvalue weighted by Gasteiger charge is 2.20. The number of anilines is 3. The van der Waals surface area contributed by atoms with Crippen LogP contribution in [-0.2, 0) is 0 Å². The summed E-state index contributed by atoms with van der Waals surface area (Å²) in [5.41, 5.74) is 16.7. The van der Waals surface area contributed by atoms with Gasteiger partial charge in [-0.3, -0.25) is 0 Å². The first-order valence-electron chi connectivity index (χ1n) is 18.7. The number of aromatic nitrogens is 1. The Morgan fingerprint density at radius 1 is 0.333 bits per heavy atom. The van der Waals surface area contributed by atoms with Crippen molar-refractivity contribution in [2.75, 3.05) is 4.90 Å². The minimum Gasteiger partial charge on any atom is -0.310 e. The van der Waals surface area contributed by atoms with Gasteiger partial charge in [-0.1, -0.05) is 127 Å². The third-order valence-electron chi connectivity index (χ3n) is 11.0. The third kappa shape index (κ3) is 5.35. The zero-order valence-electron chi connectivity index (χ0n) is 30.4. The molecule has 54 heavy (non-hydrogen) atoms. The SMILES string of the molecule is Cc1ccc2c3c1ccc1c(C)ccc(c13)n2-c1ccc(N(c2ccc(-c3ccccc3)cc2)c2cc(-c3ccccc3)cc(-c3ccccc3)c2)cc1. The molecule has 1 heterocycles. The second-order valence-electron chi connectivity index (χ2n) is 14.3. The molecule has 0 spiro atoms. The molecule has 0 aliphatic rings. The Labute approximate surface area is 316 Å². The van der Waals surface area contributed by atoms with Gasteiger partial charge in [-0.2, -0.15) is 0 Å². The van der Waals surface area contributed by atoms with Gasteiger partial charge in [0, 0.05) is 33.5 Å². The van der Waals surface area contributed by atoms with Crippen LogP contribution >= 0.6 is 0 Å². The predicted molar refractivity (Wildman–Crippen MR) is 230 cm³/mol. The van der Waals surface area contributed by atoms with E-state index >= 15 is 0 Å². The fourth-order valence-electron chi connectivity index (χ4n) is 8.29. The normalized spacial score (nSPS) is 11.5. The molecule has 0 amide bonds. The van der Waals surface area contributed by atoms with E-state index in [1.165, 1.54) is 77.1 Å². The van der Waals surface area contributed by atoms with Crippen LogP contribution in [0.25, 0.3) is 71.6 Å². The Morgan fingerprint density at radius 3 is 1.20 bits per heavy atom. The summed E-state index contributed by atoms with van der Waals surface area (Å²) in [4.78, 5) is 2.39. The first-order chi connectivity index (χ1) is 26.6. The van der Waals surface area contributed by atoms with Crippen LogP contribution in [0.4, 0.5) is 17.1 Å². The summed E-state index contributed by atoms with van der Waals surface area (Å²) >= 11 is 0. The van der Waals surface area contributed by atoms with E-state index < -0.39 is 0 Å². The van der Waals surface area contributed by atoms with E-state index in [0.29, 0.717) is 0 Å². The molecule has 0 atom stereocenters. The van der Waals surface area contributed by atoms with Crippen molar-refractivity contribution in [3.8, 4) is 39.1 Å². The maximum atomic E-state index is 2.44. The lowest BCUT2D eigenvalue weighted by atomic mass is 9.97. The number of aryl methyl sites for hydroxylation is 2.